The second-order valence-electron chi connectivity index (χ2n) is 2.41. The number of rotatable bonds is 0. The summed E-state index contributed by atoms with van der Waals surface area (Å²) in [6.45, 7) is 0. The van der Waals surface area contributed by atoms with E-state index in [1.807, 2.05) is 10.8 Å². The Hall–Kier alpha value is -0.0800. The minimum absolute atomic E-state index is 0.547. The van der Waals surface area contributed by atoms with Gasteiger partial charge in [0.15, 0.2) is 0 Å². The third-order valence-electron chi connectivity index (χ3n) is 1.56. The van der Waals surface area contributed by atoms with E-state index in [4.69, 9.17) is 0 Å². The standard InChI is InChI=1S/C8H9S2/c1-10-6-7-4-2-3-5-8(7)9-10/h2-5H,6H2,1H3/q+1. The summed E-state index contributed by atoms with van der Waals surface area (Å²) in [7, 11) is 2.57. The lowest BCUT2D eigenvalue weighted by Gasteiger charge is -1.86. The van der Waals surface area contributed by atoms with Crippen LogP contribution < -0.4 is 0 Å². The molecule has 0 nitrogen and oxygen atoms in total. The molecule has 10 heavy (non-hydrogen) atoms. The van der Waals surface area contributed by atoms with E-state index in [2.05, 4.69) is 30.5 Å². The van der Waals surface area contributed by atoms with Crippen LogP contribution in [0, 0.1) is 0 Å². The average Bonchev–Trinajstić information content (AvgIpc) is 2.27. The fraction of sp³-hybridized carbons (Fsp3) is 0.250. The van der Waals surface area contributed by atoms with Gasteiger partial charge in [0.25, 0.3) is 0 Å². The monoisotopic (exact) mass is 169 g/mol. The fourth-order valence-electron chi connectivity index (χ4n) is 1.11. The van der Waals surface area contributed by atoms with Crippen molar-refractivity contribution in [2.75, 3.05) is 6.26 Å². The summed E-state index contributed by atoms with van der Waals surface area (Å²) in [4.78, 5) is 1.49. The molecule has 52 valence electrons. The molecule has 0 saturated heterocycles. The van der Waals surface area contributed by atoms with Crippen LogP contribution in [0.2, 0.25) is 0 Å². The Bertz CT molecular complexity index is 220. The highest BCUT2D eigenvalue weighted by Gasteiger charge is 2.26. The molecular formula is C8H9S2+. The summed E-state index contributed by atoms with van der Waals surface area (Å²) in [5.41, 5.74) is 1.54. The Labute approximate surface area is 67.8 Å². The lowest BCUT2D eigenvalue weighted by Crippen LogP contribution is -1.86. The van der Waals surface area contributed by atoms with E-state index in [0.717, 1.165) is 0 Å². The molecule has 1 aromatic carbocycles. The van der Waals surface area contributed by atoms with Gasteiger partial charge in [-0.15, -0.1) is 0 Å². The maximum absolute atomic E-state index is 2.31. The van der Waals surface area contributed by atoms with Crippen molar-refractivity contribution in [3.05, 3.63) is 29.8 Å². The Kier molecular flexibility index (Phi) is 1.66. The average molecular weight is 169 g/mol. The van der Waals surface area contributed by atoms with Crippen LogP contribution in [0.25, 0.3) is 0 Å². The molecule has 2 heteroatoms. The van der Waals surface area contributed by atoms with E-state index >= 15 is 0 Å². The van der Waals surface area contributed by atoms with Crippen molar-refractivity contribution in [2.24, 2.45) is 0 Å². The van der Waals surface area contributed by atoms with Gasteiger partial charge in [-0.1, -0.05) is 18.2 Å². The molecule has 0 bridgehead atoms. The highest BCUT2D eigenvalue weighted by atomic mass is 33.1. The van der Waals surface area contributed by atoms with Gasteiger partial charge in [-0.3, -0.25) is 0 Å². The Morgan fingerprint density at radius 1 is 1.40 bits per heavy atom. The van der Waals surface area contributed by atoms with Gasteiger partial charge in [0.2, 0.25) is 0 Å². The van der Waals surface area contributed by atoms with Crippen LogP contribution in [-0.2, 0) is 15.7 Å². The van der Waals surface area contributed by atoms with Gasteiger partial charge in [0.1, 0.15) is 22.8 Å². The molecule has 0 fully saturated rings. The van der Waals surface area contributed by atoms with Crippen molar-refractivity contribution >= 4 is 20.7 Å². The molecule has 0 spiro atoms. The highest BCUT2D eigenvalue weighted by Crippen LogP contribution is 2.38. The Balaban J connectivity index is 2.42. The normalized spacial score (nSPS) is 22.7. The molecule has 0 aliphatic carbocycles. The van der Waals surface area contributed by atoms with Crippen LogP contribution in [0.3, 0.4) is 0 Å². The SMILES string of the molecule is C[S+]1Cc2ccccc2S1. The van der Waals surface area contributed by atoms with Gasteiger partial charge in [-0.05, 0) is 6.07 Å². The lowest BCUT2D eigenvalue weighted by molar-refractivity contribution is 1.29. The van der Waals surface area contributed by atoms with Crippen LogP contribution >= 0.6 is 10.8 Å². The summed E-state index contributed by atoms with van der Waals surface area (Å²) in [6.07, 6.45) is 2.31. The zero-order chi connectivity index (χ0) is 6.97. The van der Waals surface area contributed by atoms with Crippen LogP contribution in [0.15, 0.2) is 29.2 Å². The molecular weight excluding hydrogens is 160 g/mol. The molecule has 0 N–H and O–H groups in total. The molecule has 0 amide bonds. The van der Waals surface area contributed by atoms with E-state index in [-0.39, 0.29) is 0 Å². The number of fused-ring (bicyclic) bond motifs is 1. The molecule has 1 unspecified atom stereocenters. The maximum Gasteiger partial charge on any atom is 0.146 e. The van der Waals surface area contributed by atoms with Crippen LogP contribution in [0.5, 0.6) is 0 Å². The van der Waals surface area contributed by atoms with E-state index in [0.29, 0.717) is 9.93 Å². The van der Waals surface area contributed by atoms with Crippen molar-refractivity contribution in [3.63, 3.8) is 0 Å². The lowest BCUT2D eigenvalue weighted by atomic mass is 10.2. The highest BCUT2D eigenvalue weighted by molar-refractivity contribution is 8.74. The first kappa shape index (κ1) is 6.62. The summed E-state index contributed by atoms with van der Waals surface area (Å²) in [5, 5.41) is 0. The topological polar surface area (TPSA) is 0 Å². The third kappa shape index (κ3) is 1.06. The number of benzene rings is 1. The van der Waals surface area contributed by atoms with E-state index in [1.54, 1.807) is 5.56 Å². The van der Waals surface area contributed by atoms with Crippen molar-refractivity contribution < 1.29 is 0 Å². The molecule has 0 saturated carbocycles. The van der Waals surface area contributed by atoms with Crippen LogP contribution in [-0.4, -0.2) is 6.26 Å². The third-order valence-corrected chi connectivity index (χ3v) is 4.89. The first-order valence-electron chi connectivity index (χ1n) is 3.25. The summed E-state index contributed by atoms with van der Waals surface area (Å²) < 4.78 is 0. The Morgan fingerprint density at radius 2 is 2.20 bits per heavy atom. The van der Waals surface area contributed by atoms with E-state index < -0.39 is 0 Å². The summed E-state index contributed by atoms with van der Waals surface area (Å²) >= 11 is 0. The van der Waals surface area contributed by atoms with Crippen molar-refractivity contribution in [1.82, 2.24) is 0 Å². The first-order valence-corrected chi connectivity index (χ1v) is 6.38. The van der Waals surface area contributed by atoms with Crippen molar-refractivity contribution in [2.45, 2.75) is 10.6 Å². The predicted octanol–water partition coefficient (Wildman–Crippen LogP) is 2.46. The minimum Gasteiger partial charge on any atom is -0.0617 e. The van der Waals surface area contributed by atoms with Gasteiger partial charge in [-0.25, -0.2) is 0 Å². The number of hydrogen-bond acceptors (Lipinski definition) is 1. The predicted molar refractivity (Wildman–Crippen MR) is 49.3 cm³/mol. The van der Waals surface area contributed by atoms with Gasteiger partial charge in [-0.2, -0.15) is 0 Å². The molecule has 1 aliphatic heterocycles. The minimum atomic E-state index is 0.547. The molecule has 1 atom stereocenters. The molecule has 0 radical (unpaired) electrons. The molecule has 1 aromatic rings. The Morgan fingerprint density at radius 3 is 3.00 bits per heavy atom. The van der Waals surface area contributed by atoms with Crippen LogP contribution in [0.1, 0.15) is 5.56 Å². The zero-order valence-electron chi connectivity index (χ0n) is 5.83. The second kappa shape index (κ2) is 2.51. The first-order chi connectivity index (χ1) is 4.86. The zero-order valence-corrected chi connectivity index (χ0v) is 7.47. The summed E-state index contributed by atoms with van der Waals surface area (Å²) in [6, 6.07) is 8.70. The van der Waals surface area contributed by atoms with Gasteiger partial charge >= 0.3 is 0 Å². The molecule has 1 heterocycles. The van der Waals surface area contributed by atoms with Gasteiger partial charge in [0.05, 0.1) is 14.8 Å². The number of hydrogen-bond donors (Lipinski definition) is 0. The summed E-state index contributed by atoms with van der Waals surface area (Å²) in [5.74, 6) is 1.28. The maximum atomic E-state index is 2.31. The van der Waals surface area contributed by atoms with Crippen molar-refractivity contribution in [3.8, 4) is 0 Å². The molecule has 1 aliphatic rings. The fourth-order valence-corrected chi connectivity index (χ4v) is 4.60. The largest absolute Gasteiger partial charge is 0.146 e. The van der Waals surface area contributed by atoms with Crippen LogP contribution in [0.4, 0.5) is 0 Å². The molecule has 2 rings (SSSR count). The van der Waals surface area contributed by atoms with Gasteiger partial charge < -0.3 is 0 Å². The van der Waals surface area contributed by atoms with Crippen molar-refractivity contribution in [1.29, 1.82) is 0 Å². The second-order valence-corrected chi connectivity index (χ2v) is 6.66. The quantitative estimate of drug-likeness (QED) is 0.424. The van der Waals surface area contributed by atoms with E-state index in [1.165, 1.54) is 10.6 Å². The smallest absolute Gasteiger partial charge is 0.0617 e. The van der Waals surface area contributed by atoms with Gasteiger partial charge in [0, 0.05) is 5.56 Å². The molecule has 0 aromatic heterocycles. The van der Waals surface area contributed by atoms with E-state index in [9.17, 15) is 0 Å².